The standard InChI is InChI=1S/C13H20FNO2/c1-10(8-17-3)15-9-13(2,16)11-4-6-12(14)7-5-11/h4-7,10,15-16H,8-9H2,1-3H3/t10-,13-/m1/s1. The van der Waals surface area contributed by atoms with Crippen LogP contribution in [-0.2, 0) is 10.3 Å². The van der Waals surface area contributed by atoms with Crippen molar-refractivity contribution in [3.05, 3.63) is 35.6 Å². The molecule has 0 saturated carbocycles. The van der Waals surface area contributed by atoms with Crippen molar-refractivity contribution in [2.45, 2.75) is 25.5 Å². The zero-order chi connectivity index (χ0) is 12.9. The second kappa shape index (κ2) is 6.10. The molecule has 96 valence electrons. The number of hydrogen-bond acceptors (Lipinski definition) is 3. The van der Waals surface area contributed by atoms with Crippen LogP contribution in [0.5, 0.6) is 0 Å². The Hall–Kier alpha value is -0.970. The molecule has 2 atom stereocenters. The third-order valence-electron chi connectivity index (χ3n) is 2.68. The van der Waals surface area contributed by atoms with Crippen LogP contribution in [0.25, 0.3) is 0 Å². The summed E-state index contributed by atoms with van der Waals surface area (Å²) in [7, 11) is 1.64. The Bertz CT molecular complexity index is 338. The van der Waals surface area contributed by atoms with Gasteiger partial charge in [0.05, 0.1) is 12.2 Å². The molecule has 0 aliphatic heterocycles. The highest BCUT2D eigenvalue weighted by Crippen LogP contribution is 2.19. The maximum atomic E-state index is 12.8. The van der Waals surface area contributed by atoms with E-state index < -0.39 is 5.60 Å². The van der Waals surface area contributed by atoms with Gasteiger partial charge in [-0.1, -0.05) is 12.1 Å². The topological polar surface area (TPSA) is 41.5 Å². The fourth-order valence-electron chi connectivity index (χ4n) is 1.59. The first-order valence-electron chi connectivity index (χ1n) is 5.66. The highest BCUT2D eigenvalue weighted by atomic mass is 19.1. The highest BCUT2D eigenvalue weighted by molar-refractivity contribution is 5.22. The van der Waals surface area contributed by atoms with E-state index in [1.165, 1.54) is 12.1 Å². The maximum absolute atomic E-state index is 12.8. The van der Waals surface area contributed by atoms with Gasteiger partial charge in [0.1, 0.15) is 5.82 Å². The molecule has 1 aromatic rings. The minimum absolute atomic E-state index is 0.159. The van der Waals surface area contributed by atoms with Gasteiger partial charge in [-0.2, -0.15) is 0 Å². The molecule has 1 rings (SSSR count). The van der Waals surface area contributed by atoms with Gasteiger partial charge in [0.2, 0.25) is 0 Å². The van der Waals surface area contributed by atoms with Crippen LogP contribution in [0.4, 0.5) is 4.39 Å². The fourth-order valence-corrected chi connectivity index (χ4v) is 1.59. The molecule has 0 saturated heterocycles. The highest BCUT2D eigenvalue weighted by Gasteiger charge is 2.23. The van der Waals surface area contributed by atoms with Crippen molar-refractivity contribution in [3.8, 4) is 0 Å². The number of nitrogens with one attached hydrogen (secondary N) is 1. The number of aliphatic hydroxyl groups is 1. The SMILES string of the molecule is COC[C@@H](C)NC[C@@](C)(O)c1ccc(F)cc1. The summed E-state index contributed by atoms with van der Waals surface area (Å²) < 4.78 is 17.8. The van der Waals surface area contributed by atoms with Crippen LogP contribution in [0.2, 0.25) is 0 Å². The summed E-state index contributed by atoms with van der Waals surface area (Å²) in [6, 6.07) is 6.05. The Morgan fingerprint density at radius 3 is 2.53 bits per heavy atom. The van der Waals surface area contributed by atoms with E-state index in [1.807, 2.05) is 6.92 Å². The van der Waals surface area contributed by atoms with Crippen LogP contribution in [-0.4, -0.2) is 31.4 Å². The monoisotopic (exact) mass is 241 g/mol. The molecule has 0 fully saturated rings. The van der Waals surface area contributed by atoms with Crippen molar-refractivity contribution in [1.29, 1.82) is 0 Å². The lowest BCUT2D eigenvalue weighted by molar-refractivity contribution is 0.0499. The van der Waals surface area contributed by atoms with E-state index in [0.29, 0.717) is 18.7 Å². The molecule has 0 aliphatic carbocycles. The second-order valence-electron chi connectivity index (χ2n) is 4.52. The first-order chi connectivity index (χ1) is 7.95. The molecule has 0 aromatic heterocycles. The molecule has 0 spiro atoms. The average Bonchev–Trinajstić information content (AvgIpc) is 2.28. The Labute approximate surface area is 102 Å². The summed E-state index contributed by atoms with van der Waals surface area (Å²) in [4.78, 5) is 0. The van der Waals surface area contributed by atoms with Gasteiger partial charge in [0, 0.05) is 19.7 Å². The van der Waals surface area contributed by atoms with E-state index in [-0.39, 0.29) is 11.9 Å². The molecule has 0 unspecified atom stereocenters. The van der Waals surface area contributed by atoms with E-state index >= 15 is 0 Å². The van der Waals surface area contributed by atoms with Gasteiger partial charge in [-0.15, -0.1) is 0 Å². The van der Waals surface area contributed by atoms with Crippen LogP contribution in [0.1, 0.15) is 19.4 Å². The Morgan fingerprint density at radius 2 is 2.00 bits per heavy atom. The summed E-state index contributed by atoms with van der Waals surface area (Å²) in [6.07, 6.45) is 0. The van der Waals surface area contributed by atoms with E-state index in [0.717, 1.165) is 0 Å². The predicted octanol–water partition coefficient (Wildman–Crippen LogP) is 1.66. The lowest BCUT2D eigenvalue weighted by Gasteiger charge is -2.26. The minimum atomic E-state index is -1.02. The van der Waals surface area contributed by atoms with E-state index in [2.05, 4.69) is 5.32 Å². The van der Waals surface area contributed by atoms with Crippen LogP contribution in [0.3, 0.4) is 0 Å². The average molecular weight is 241 g/mol. The lowest BCUT2D eigenvalue weighted by Crippen LogP contribution is -2.41. The van der Waals surface area contributed by atoms with Crippen molar-refractivity contribution in [2.24, 2.45) is 0 Å². The zero-order valence-electron chi connectivity index (χ0n) is 10.5. The molecule has 0 amide bonds. The summed E-state index contributed by atoms with van der Waals surface area (Å²) in [5, 5.41) is 13.4. The molecule has 17 heavy (non-hydrogen) atoms. The molecular weight excluding hydrogens is 221 g/mol. The van der Waals surface area contributed by atoms with E-state index in [1.54, 1.807) is 26.2 Å². The van der Waals surface area contributed by atoms with Gasteiger partial charge in [-0.05, 0) is 31.5 Å². The van der Waals surface area contributed by atoms with Gasteiger partial charge in [0.15, 0.2) is 0 Å². The van der Waals surface area contributed by atoms with Crippen LogP contribution >= 0.6 is 0 Å². The van der Waals surface area contributed by atoms with Gasteiger partial charge < -0.3 is 15.2 Å². The quantitative estimate of drug-likeness (QED) is 0.796. The van der Waals surface area contributed by atoms with Crippen molar-refractivity contribution >= 4 is 0 Å². The van der Waals surface area contributed by atoms with Gasteiger partial charge in [-0.3, -0.25) is 0 Å². The van der Waals surface area contributed by atoms with Crippen LogP contribution in [0.15, 0.2) is 24.3 Å². The van der Waals surface area contributed by atoms with E-state index in [9.17, 15) is 9.50 Å². The minimum Gasteiger partial charge on any atom is -0.384 e. The van der Waals surface area contributed by atoms with Crippen LogP contribution in [0, 0.1) is 5.82 Å². The normalized spacial score (nSPS) is 16.5. The van der Waals surface area contributed by atoms with Crippen LogP contribution < -0.4 is 5.32 Å². The van der Waals surface area contributed by atoms with Gasteiger partial charge >= 0.3 is 0 Å². The number of rotatable bonds is 6. The third kappa shape index (κ3) is 4.42. The summed E-state index contributed by atoms with van der Waals surface area (Å²) in [5.41, 5.74) is -0.327. The Kier molecular flexibility index (Phi) is 5.05. The summed E-state index contributed by atoms with van der Waals surface area (Å²) in [6.45, 7) is 4.65. The lowest BCUT2D eigenvalue weighted by atomic mass is 9.96. The number of benzene rings is 1. The van der Waals surface area contributed by atoms with Crippen molar-refractivity contribution < 1.29 is 14.2 Å². The van der Waals surface area contributed by atoms with Gasteiger partial charge in [-0.25, -0.2) is 4.39 Å². The van der Waals surface area contributed by atoms with Crippen molar-refractivity contribution in [3.63, 3.8) is 0 Å². The summed E-state index contributed by atoms with van der Waals surface area (Å²) in [5.74, 6) is -0.301. The Morgan fingerprint density at radius 1 is 1.41 bits per heavy atom. The predicted molar refractivity (Wildman–Crippen MR) is 65.3 cm³/mol. The van der Waals surface area contributed by atoms with E-state index in [4.69, 9.17) is 4.74 Å². The molecule has 1 aromatic carbocycles. The molecule has 0 aliphatic rings. The molecule has 0 radical (unpaired) electrons. The number of halogens is 1. The largest absolute Gasteiger partial charge is 0.384 e. The van der Waals surface area contributed by atoms with Crippen molar-refractivity contribution in [1.82, 2.24) is 5.32 Å². The number of hydrogen-bond donors (Lipinski definition) is 2. The first kappa shape index (κ1) is 14.1. The van der Waals surface area contributed by atoms with Gasteiger partial charge in [0.25, 0.3) is 0 Å². The molecule has 3 nitrogen and oxygen atoms in total. The fraction of sp³-hybridized carbons (Fsp3) is 0.538. The second-order valence-corrected chi connectivity index (χ2v) is 4.52. The number of ether oxygens (including phenoxy) is 1. The zero-order valence-corrected chi connectivity index (χ0v) is 10.5. The molecule has 0 heterocycles. The van der Waals surface area contributed by atoms with Crippen molar-refractivity contribution in [2.75, 3.05) is 20.3 Å². The summed E-state index contributed by atoms with van der Waals surface area (Å²) >= 11 is 0. The maximum Gasteiger partial charge on any atom is 0.123 e. The Balaban J connectivity index is 2.58. The first-order valence-corrected chi connectivity index (χ1v) is 5.66. The molecule has 0 bridgehead atoms. The molecule has 4 heteroatoms. The number of methoxy groups -OCH3 is 1. The molecule has 2 N–H and O–H groups in total. The smallest absolute Gasteiger partial charge is 0.123 e. The molecular formula is C13H20FNO2. The third-order valence-corrected chi connectivity index (χ3v) is 2.68.